The van der Waals surface area contributed by atoms with E-state index in [0.717, 1.165) is 56.0 Å². The molecule has 2 fully saturated rings. The van der Waals surface area contributed by atoms with Crippen LogP contribution in [0.3, 0.4) is 0 Å². The van der Waals surface area contributed by atoms with Crippen molar-refractivity contribution >= 4 is 23.2 Å². The Morgan fingerprint density at radius 2 is 1.54 bits per heavy atom. The van der Waals surface area contributed by atoms with Gasteiger partial charge in [0, 0.05) is 44.1 Å². The fourth-order valence-electron chi connectivity index (χ4n) is 5.36. The van der Waals surface area contributed by atoms with Gasteiger partial charge in [-0.3, -0.25) is 14.5 Å². The summed E-state index contributed by atoms with van der Waals surface area (Å²) in [7, 11) is 0. The Labute approximate surface area is 212 Å². The Morgan fingerprint density at radius 1 is 0.829 bits per heavy atom. The lowest BCUT2D eigenvalue weighted by Gasteiger charge is -2.42. The number of benzene rings is 2. The second kappa shape index (κ2) is 11.2. The molecule has 5 rings (SSSR count). The van der Waals surface area contributed by atoms with E-state index >= 15 is 0 Å². The molecule has 2 unspecified atom stereocenters. The number of nitrogens with zero attached hydrogens (tertiary/aromatic N) is 3. The number of likely N-dealkylation sites (tertiary alicyclic amines) is 1. The standard InChI is InChI=1S/C29H33N3O2S/c33-28(20-26-12-7-19-35-26)32-22-25(13-14-27(32)24-10-5-2-6-11-24)29(34)31-17-15-30(16-18-31)21-23-8-3-1-4-9-23/h1-12,19,25,27H,13-18,20-22H2. The van der Waals surface area contributed by atoms with Crippen LogP contribution in [-0.2, 0) is 22.6 Å². The Balaban J connectivity index is 1.23. The zero-order valence-corrected chi connectivity index (χ0v) is 20.9. The Morgan fingerprint density at radius 3 is 2.23 bits per heavy atom. The summed E-state index contributed by atoms with van der Waals surface area (Å²) in [6.45, 7) is 4.73. The third-order valence-electron chi connectivity index (χ3n) is 7.27. The molecule has 0 aliphatic carbocycles. The summed E-state index contributed by atoms with van der Waals surface area (Å²) in [6.07, 6.45) is 2.05. The molecule has 0 bridgehead atoms. The van der Waals surface area contributed by atoms with Gasteiger partial charge in [0.15, 0.2) is 0 Å². The summed E-state index contributed by atoms with van der Waals surface area (Å²) in [5, 5.41) is 2.01. The highest BCUT2D eigenvalue weighted by atomic mass is 32.1. The summed E-state index contributed by atoms with van der Waals surface area (Å²) in [5.41, 5.74) is 2.47. The molecule has 0 radical (unpaired) electrons. The van der Waals surface area contributed by atoms with Crippen molar-refractivity contribution in [1.29, 1.82) is 0 Å². The minimum absolute atomic E-state index is 0.0374. The number of piperazine rings is 1. The van der Waals surface area contributed by atoms with Crippen LogP contribution >= 0.6 is 11.3 Å². The monoisotopic (exact) mass is 487 g/mol. The molecule has 3 heterocycles. The summed E-state index contributed by atoms with van der Waals surface area (Å²) in [6, 6.07) is 24.8. The largest absolute Gasteiger partial charge is 0.340 e. The maximum atomic E-state index is 13.5. The molecule has 0 spiro atoms. The molecule has 2 saturated heterocycles. The fourth-order valence-corrected chi connectivity index (χ4v) is 6.06. The van der Waals surface area contributed by atoms with E-state index in [1.807, 2.05) is 51.6 Å². The van der Waals surface area contributed by atoms with Gasteiger partial charge >= 0.3 is 0 Å². The molecule has 2 aliphatic rings. The highest BCUT2D eigenvalue weighted by Crippen LogP contribution is 2.35. The zero-order valence-electron chi connectivity index (χ0n) is 20.1. The van der Waals surface area contributed by atoms with E-state index < -0.39 is 0 Å². The molecule has 3 aromatic rings. The number of hydrogen-bond donors (Lipinski definition) is 0. The summed E-state index contributed by atoms with van der Waals surface area (Å²) in [4.78, 5) is 34.4. The lowest BCUT2D eigenvalue weighted by Crippen LogP contribution is -2.53. The van der Waals surface area contributed by atoms with E-state index in [1.165, 1.54) is 5.56 Å². The normalized spacial score (nSPS) is 21.1. The van der Waals surface area contributed by atoms with E-state index in [1.54, 1.807) is 11.3 Å². The van der Waals surface area contributed by atoms with E-state index in [-0.39, 0.29) is 23.8 Å². The van der Waals surface area contributed by atoms with Gasteiger partial charge in [0.25, 0.3) is 0 Å². The molecule has 0 saturated carbocycles. The predicted molar refractivity (Wildman–Crippen MR) is 140 cm³/mol. The second-order valence-electron chi connectivity index (χ2n) is 9.59. The number of piperidine rings is 1. The molecular formula is C29H33N3O2S. The molecule has 2 aromatic carbocycles. The van der Waals surface area contributed by atoms with Crippen molar-refractivity contribution in [3.63, 3.8) is 0 Å². The van der Waals surface area contributed by atoms with E-state index in [9.17, 15) is 9.59 Å². The molecule has 1 aromatic heterocycles. The Kier molecular flexibility index (Phi) is 7.60. The fraction of sp³-hybridized carbons (Fsp3) is 0.379. The van der Waals surface area contributed by atoms with Crippen molar-refractivity contribution in [2.24, 2.45) is 5.92 Å². The van der Waals surface area contributed by atoms with Gasteiger partial charge in [-0.1, -0.05) is 66.7 Å². The number of thiophene rings is 1. The molecule has 182 valence electrons. The minimum atomic E-state index is -0.122. The van der Waals surface area contributed by atoms with Crippen LogP contribution < -0.4 is 0 Å². The van der Waals surface area contributed by atoms with Crippen molar-refractivity contribution in [3.05, 3.63) is 94.2 Å². The first kappa shape index (κ1) is 23.8. The molecule has 5 nitrogen and oxygen atoms in total. The zero-order chi connectivity index (χ0) is 24.0. The van der Waals surface area contributed by atoms with Crippen LogP contribution in [0.4, 0.5) is 0 Å². The smallest absolute Gasteiger partial charge is 0.228 e. The highest BCUT2D eigenvalue weighted by molar-refractivity contribution is 7.10. The van der Waals surface area contributed by atoms with Crippen molar-refractivity contribution in [2.45, 2.75) is 31.8 Å². The van der Waals surface area contributed by atoms with Gasteiger partial charge in [-0.05, 0) is 35.4 Å². The SMILES string of the molecule is O=C(C1CCC(c2ccccc2)N(C(=O)Cc2cccs2)C1)N1CCN(Cc2ccccc2)CC1. The van der Waals surface area contributed by atoms with Crippen LogP contribution in [0.1, 0.15) is 34.9 Å². The highest BCUT2D eigenvalue weighted by Gasteiger charge is 2.37. The number of hydrogen-bond acceptors (Lipinski definition) is 4. The molecule has 35 heavy (non-hydrogen) atoms. The van der Waals surface area contributed by atoms with E-state index in [4.69, 9.17) is 0 Å². The van der Waals surface area contributed by atoms with E-state index in [2.05, 4.69) is 41.3 Å². The van der Waals surface area contributed by atoms with Gasteiger partial charge in [-0.2, -0.15) is 0 Å². The maximum Gasteiger partial charge on any atom is 0.228 e. The topological polar surface area (TPSA) is 43.9 Å². The lowest BCUT2D eigenvalue weighted by atomic mass is 9.87. The van der Waals surface area contributed by atoms with Gasteiger partial charge in [-0.15, -0.1) is 11.3 Å². The van der Waals surface area contributed by atoms with Crippen LogP contribution in [0.15, 0.2) is 78.2 Å². The number of carbonyl (C=O) groups is 2. The van der Waals surface area contributed by atoms with Gasteiger partial charge in [0.05, 0.1) is 18.4 Å². The summed E-state index contributed by atoms with van der Waals surface area (Å²) >= 11 is 1.62. The molecule has 0 N–H and O–H groups in total. The molecule has 2 aliphatic heterocycles. The average molecular weight is 488 g/mol. The summed E-state index contributed by atoms with van der Waals surface area (Å²) in [5.74, 6) is 0.208. The predicted octanol–water partition coefficient (Wildman–Crippen LogP) is 4.61. The first-order valence-corrected chi connectivity index (χ1v) is 13.5. The van der Waals surface area contributed by atoms with Gasteiger partial charge < -0.3 is 9.80 Å². The molecule has 2 amide bonds. The van der Waals surface area contributed by atoms with Crippen LogP contribution in [0, 0.1) is 5.92 Å². The summed E-state index contributed by atoms with van der Waals surface area (Å²) < 4.78 is 0. The first-order chi connectivity index (χ1) is 17.2. The van der Waals surface area contributed by atoms with Crippen molar-refractivity contribution in [1.82, 2.24) is 14.7 Å². The average Bonchev–Trinajstić information content (AvgIpc) is 3.42. The van der Waals surface area contributed by atoms with Crippen LogP contribution in [0.25, 0.3) is 0 Å². The lowest BCUT2D eigenvalue weighted by molar-refractivity contribution is -0.144. The molecular weight excluding hydrogens is 454 g/mol. The number of rotatable bonds is 6. The maximum absolute atomic E-state index is 13.5. The second-order valence-corrected chi connectivity index (χ2v) is 10.6. The van der Waals surface area contributed by atoms with Gasteiger partial charge in [0.2, 0.25) is 11.8 Å². The van der Waals surface area contributed by atoms with Gasteiger partial charge in [0.1, 0.15) is 0 Å². The first-order valence-electron chi connectivity index (χ1n) is 12.6. The van der Waals surface area contributed by atoms with Crippen molar-refractivity contribution in [2.75, 3.05) is 32.7 Å². The number of carbonyl (C=O) groups excluding carboxylic acids is 2. The third kappa shape index (κ3) is 5.82. The van der Waals surface area contributed by atoms with Gasteiger partial charge in [-0.25, -0.2) is 0 Å². The number of amides is 2. The van der Waals surface area contributed by atoms with Crippen molar-refractivity contribution in [3.8, 4) is 0 Å². The van der Waals surface area contributed by atoms with Crippen molar-refractivity contribution < 1.29 is 9.59 Å². The minimum Gasteiger partial charge on any atom is -0.340 e. The molecule has 6 heteroatoms. The van der Waals surface area contributed by atoms with Crippen LogP contribution in [0.5, 0.6) is 0 Å². The van der Waals surface area contributed by atoms with Crippen LogP contribution in [-0.4, -0.2) is 59.2 Å². The quantitative estimate of drug-likeness (QED) is 0.510. The Bertz CT molecular complexity index is 1100. The third-order valence-corrected chi connectivity index (χ3v) is 8.15. The van der Waals surface area contributed by atoms with E-state index in [0.29, 0.717) is 13.0 Å². The van der Waals surface area contributed by atoms with Crippen LogP contribution in [0.2, 0.25) is 0 Å². The molecule has 2 atom stereocenters. The Hall–Kier alpha value is -2.96.